The van der Waals surface area contributed by atoms with Crippen LogP contribution in [-0.4, -0.2) is 22.4 Å². The van der Waals surface area contributed by atoms with Gasteiger partial charge in [-0.2, -0.15) is 0 Å². The Balaban J connectivity index is 2.36. The van der Waals surface area contributed by atoms with Gasteiger partial charge in [0.25, 0.3) is 0 Å². The molecule has 16 heavy (non-hydrogen) atoms. The second-order valence-corrected chi connectivity index (χ2v) is 5.37. The lowest BCUT2D eigenvalue weighted by Crippen LogP contribution is -2.35. The summed E-state index contributed by atoms with van der Waals surface area (Å²) in [5.41, 5.74) is 0. The number of aliphatic hydroxyl groups is 2. The van der Waals surface area contributed by atoms with Crippen LogP contribution in [0.1, 0.15) is 65.2 Å². The van der Waals surface area contributed by atoms with Gasteiger partial charge >= 0.3 is 0 Å². The molecule has 2 unspecified atom stereocenters. The first-order chi connectivity index (χ1) is 7.69. The first kappa shape index (κ1) is 14.0. The van der Waals surface area contributed by atoms with Gasteiger partial charge in [0.1, 0.15) is 0 Å². The van der Waals surface area contributed by atoms with E-state index in [1.54, 1.807) is 0 Å². The molecule has 0 aromatic heterocycles. The Morgan fingerprint density at radius 1 is 1.00 bits per heavy atom. The van der Waals surface area contributed by atoms with Crippen molar-refractivity contribution in [3.63, 3.8) is 0 Å². The summed E-state index contributed by atoms with van der Waals surface area (Å²) in [7, 11) is 0. The lowest BCUT2D eigenvalue weighted by atomic mass is 9.81. The van der Waals surface area contributed by atoms with Gasteiger partial charge in [0.2, 0.25) is 0 Å². The summed E-state index contributed by atoms with van der Waals surface area (Å²) in [6.45, 7) is 4.32. The van der Waals surface area contributed by atoms with Crippen LogP contribution in [-0.2, 0) is 0 Å². The average Bonchev–Trinajstić information content (AvgIpc) is 2.35. The molecule has 0 heterocycles. The Kier molecular flexibility index (Phi) is 6.37. The van der Waals surface area contributed by atoms with Crippen LogP contribution >= 0.6 is 0 Å². The van der Waals surface area contributed by atoms with Crippen LogP contribution < -0.4 is 0 Å². The molecule has 96 valence electrons. The van der Waals surface area contributed by atoms with E-state index in [2.05, 4.69) is 13.8 Å². The quantitative estimate of drug-likeness (QED) is 0.733. The fourth-order valence-electron chi connectivity index (χ4n) is 2.89. The molecule has 1 fully saturated rings. The molecule has 2 nitrogen and oxygen atoms in total. The van der Waals surface area contributed by atoms with Crippen molar-refractivity contribution in [2.75, 3.05) is 0 Å². The molecule has 0 bridgehead atoms. The Hall–Kier alpha value is -0.0800. The van der Waals surface area contributed by atoms with E-state index in [1.165, 1.54) is 19.3 Å². The predicted octanol–water partition coefficient (Wildman–Crippen LogP) is 3.11. The maximum Gasteiger partial charge on any atom is 0.0827 e. The van der Waals surface area contributed by atoms with Crippen molar-refractivity contribution in [2.45, 2.75) is 77.4 Å². The van der Waals surface area contributed by atoms with Crippen LogP contribution in [0.3, 0.4) is 0 Å². The number of hydrogen-bond acceptors (Lipinski definition) is 2. The first-order valence-electron chi connectivity index (χ1n) is 7.05. The smallest absolute Gasteiger partial charge is 0.0827 e. The van der Waals surface area contributed by atoms with Crippen molar-refractivity contribution in [3.05, 3.63) is 0 Å². The SMILES string of the molecule is CCC(CC)CC(O)C(O)C1CCCCC1. The summed E-state index contributed by atoms with van der Waals surface area (Å²) in [5, 5.41) is 20.2. The highest BCUT2D eigenvalue weighted by atomic mass is 16.3. The largest absolute Gasteiger partial charge is 0.390 e. The fraction of sp³-hybridized carbons (Fsp3) is 1.00. The molecule has 0 aliphatic heterocycles. The minimum absolute atomic E-state index is 0.345. The second-order valence-electron chi connectivity index (χ2n) is 5.37. The summed E-state index contributed by atoms with van der Waals surface area (Å²) in [6.07, 6.45) is 7.92. The molecule has 1 aliphatic rings. The van der Waals surface area contributed by atoms with Crippen LogP contribution in [0.5, 0.6) is 0 Å². The zero-order valence-corrected chi connectivity index (χ0v) is 10.9. The molecule has 2 atom stereocenters. The first-order valence-corrected chi connectivity index (χ1v) is 7.05. The van der Waals surface area contributed by atoms with E-state index < -0.39 is 12.2 Å². The van der Waals surface area contributed by atoms with Crippen LogP contribution in [0, 0.1) is 11.8 Å². The summed E-state index contributed by atoms with van der Waals surface area (Å²) in [4.78, 5) is 0. The molecular formula is C14H28O2. The number of aliphatic hydroxyl groups excluding tert-OH is 2. The molecule has 0 amide bonds. The molecule has 1 aliphatic carbocycles. The normalized spacial score (nSPS) is 22.3. The van der Waals surface area contributed by atoms with Crippen LogP contribution in [0.4, 0.5) is 0 Å². The molecule has 1 rings (SSSR count). The van der Waals surface area contributed by atoms with Crippen molar-refractivity contribution >= 4 is 0 Å². The highest BCUT2D eigenvalue weighted by Gasteiger charge is 2.28. The van der Waals surface area contributed by atoms with Crippen LogP contribution in [0.25, 0.3) is 0 Å². The summed E-state index contributed by atoms with van der Waals surface area (Å²) >= 11 is 0. The summed E-state index contributed by atoms with van der Waals surface area (Å²) < 4.78 is 0. The van der Waals surface area contributed by atoms with Gasteiger partial charge in [-0.1, -0.05) is 46.0 Å². The van der Waals surface area contributed by atoms with Gasteiger partial charge in [-0.05, 0) is 31.1 Å². The minimum atomic E-state index is -0.506. The van der Waals surface area contributed by atoms with Gasteiger partial charge in [0.15, 0.2) is 0 Å². The van der Waals surface area contributed by atoms with E-state index in [-0.39, 0.29) is 0 Å². The Morgan fingerprint density at radius 2 is 1.56 bits per heavy atom. The van der Waals surface area contributed by atoms with Crippen LogP contribution in [0.15, 0.2) is 0 Å². The molecule has 1 saturated carbocycles. The maximum absolute atomic E-state index is 10.1. The molecule has 0 radical (unpaired) electrons. The monoisotopic (exact) mass is 228 g/mol. The topological polar surface area (TPSA) is 40.5 Å². The van der Waals surface area contributed by atoms with Gasteiger partial charge < -0.3 is 10.2 Å². The van der Waals surface area contributed by atoms with Gasteiger partial charge in [-0.25, -0.2) is 0 Å². The molecule has 2 heteroatoms. The molecule has 0 aromatic carbocycles. The zero-order valence-electron chi connectivity index (χ0n) is 10.9. The van der Waals surface area contributed by atoms with Crippen LogP contribution in [0.2, 0.25) is 0 Å². The maximum atomic E-state index is 10.1. The Bertz CT molecular complexity index is 172. The number of rotatable bonds is 6. The standard InChI is InChI=1S/C14H28O2/c1-3-11(4-2)10-13(15)14(16)12-8-6-5-7-9-12/h11-16H,3-10H2,1-2H3. The van der Waals surface area contributed by atoms with E-state index in [1.807, 2.05) is 0 Å². The molecule has 0 spiro atoms. The predicted molar refractivity (Wildman–Crippen MR) is 67.3 cm³/mol. The Labute approximate surface area is 100 Å². The van der Waals surface area contributed by atoms with Gasteiger partial charge in [-0.15, -0.1) is 0 Å². The van der Waals surface area contributed by atoms with Crippen molar-refractivity contribution in [3.8, 4) is 0 Å². The van der Waals surface area contributed by atoms with Crippen molar-refractivity contribution in [1.29, 1.82) is 0 Å². The molecule has 0 aromatic rings. The van der Waals surface area contributed by atoms with E-state index in [4.69, 9.17) is 0 Å². The average molecular weight is 228 g/mol. The number of hydrogen-bond donors (Lipinski definition) is 2. The fourth-order valence-corrected chi connectivity index (χ4v) is 2.89. The lowest BCUT2D eigenvalue weighted by Gasteiger charge is -2.31. The van der Waals surface area contributed by atoms with Crippen molar-refractivity contribution in [2.24, 2.45) is 11.8 Å². The van der Waals surface area contributed by atoms with E-state index >= 15 is 0 Å². The van der Waals surface area contributed by atoms with Crippen molar-refractivity contribution in [1.82, 2.24) is 0 Å². The third kappa shape index (κ3) is 4.06. The zero-order chi connectivity index (χ0) is 12.0. The highest BCUT2D eigenvalue weighted by Crippen LogP contribution is 2.29. The van der Waals surface area contributed by atoms with E-state index in [9.17, 15) is 10.2 Å². The van der Waals surface area contributed by atoms with Crippen molar-refractivity contribution < 1.29 is 10.2 Å². The molecule has 2 N–H and O–H groups in total. The summed E-state index contributed by atoms with van der Waals surface area (Å²) in [5.74, 6) is 0.909. The van der Waals surface area contributed by atoms with E-state index in [0.717, 1.165) is 32.1 Å². The lowest BCUT2D eigenvalue weighted by molar-refractivity contribution is -0.0379. The van der Waals surface area contributed by atoms with Gasteiger partial charge in [-0.3, -0.25) is 0 Å². The highest BCUT2D eigenvalue weighted by molar-refractivity contribution is 4.80. The summed E-state index contributed by atoms with van der Waals surface area (Å²) in [6, 6.07) is 0. The third-order valence-electron chi connectivity index (χ3n) is 4.26. The molecule has 0 saturated heterocycles. The molecular weight excluding hydrogens is 200 g/mol. The second kappa shape index (κ2) is 7.29. The minimum Gasteiger partial charge on any atom is -0.390 e. The third-order valence-corrected chi connectivity index (χ3v) is 4.26. The Morgan fingerprint density at radius 3 is 2.06 bits per heavy atom. The van der Waals surface area contributed by atoms with Gasteiger partial charge in [0, 0.05) is 0 Å². The van der Waals surface area contributed by atoms with Gasteiger partial charge in [0.05, 0.1) is 12.2 Å². The van der Waals surface area contributed by atoms with E-state index in [0.29, 0.717) is 11.8 Å².